The lowest BCUT2D eigenvalue weighted by atomic mass is 9.83. The first kappa shape index (κ1) is 13.9. The molecule has 1 aromatic rings. The van der Waals surface area contributed by atoms with Gasteiger partial charge in [-0.3, -0.25) is 0 Å². The summed E-state index contributed by atoms with van der Waals surface area (Å²) in [5.41, 5.74) is 2.72. The van der Waals surface area contributed by atoms with E-state index < -0.39 is 0 Å². The topological polar surface area (TPSA) is 30.5 Å². The number of rotatable bonds is 6. The Hall–Kier alpha value is -1.06. The van der Waals surface area contributed by atoms with Crippen LogP contribution < -0.4 is 10.1 Å². The maximum atomic E-state index is 6.17. The van der Waals surface area contributed by atoms with Gasteiger partial charge in [0.05, 0.1) is 19.3 Å². The van der Waals surface area contributed by atoms with Crippen molar-refractivity contribution in [2.45, 2.75) is 44.2 Å². The maximum Gasteiger partial charge on any atom is 0.119 e. The van der Waals surface area contributed by atoms with E-state index in [1.165, 1.54) is 36.8 Å². The number of nitrogens with one attached hydrogen (secondary N) is 1. The van der Waals surface area contributed by atoms with Gasteiger partial charge in [0.25, 0.3) is 0 Å². The quantitative estimate of drug-likeness (QED) is 0.865. The molecule has 1 fully saturated rings. The smallest absolute Gasteiger partial charge is 0.119 e. The maximum absolute atomic E-state index is 6.17. The first-order valence-electron chi connectivity index (χ1n) is 7.77. The van der Waals surface area contributed by atoms with E-state index in [4.69, 9.17) is 9.47 Å². The van der Waals surface area contributed by atoms with Gasteiger partial charge in [0.15, 0.2) is 0 Å². The van der Waals surface area contributed by atoms with E-state index >= 15 is 0 Å². The molecule has 0 heterocycles. The molecule has 1 N–H and O–H groups in total. The molecule has 0 radical (unpaired) electrons. The molecule has 2 atom stereocenters. The minimum atomic E-state index is 0.266. The van der Waals surface area contributed by atoms with Crippen LogP contribution in [0.4, 0.5) is 0 Å². The standard InChI is InChI=1S/C17H25NO2/c1-18-17-15-11-14(19-2)7-6-13(15)10-16(17)20-9-8-12-4-3-5-12/h6-7,11-12,16-18H,3-5,8-10H2,1-2H3. The second kappa shape index (κ2) is 6.15. The van der Waals surface area contributed by atoms with Crippen molar-refractivity contribution in [2.24, 2.45) is 5.92 Å². The van der Waals surface area contributed by atoms with Crippen molar-refractivity contribution < 1.29 is 9.47 Å². The second-order valence-corrected chi connectivity index (χ2v) is 6.03. The fraction of sp³-hybridized carbons (Fsp3) is 0.647. The molecule has 110 valence electrons. The van der Waals surface area contributed by atoms with E-state index in [-0.39, 0.29) is 6.10 Å². The summed E-state index contributed by atoms with van der Waals surface area (Å²) in [6.45, 7) is 0.901. The van der Waals surface area contributed by atoms with Crippen LogP contribution in [0.5, 0.6) is 5.75 Å². The Kier molecular flexibility index (Phi) is 4.27. The Morgan fingerprint density at radius 3 is 2.80 bits per heavy atom. The van der Waals surface area contributed by atoms with Gasteiger partial charge in [-0.05, 0) is 42.6 Å². The number of ether oxygens (including phenoxy) is 2. The van der Waals surface area contributed by atoms with Gasteiger partial charge in [-0.2, -0.15) is 0 Å². The lowest BCUT2D eigenvalue weighted by molar-refractivity contribution is 0.0233. The molecule has 0 aromatic heterocycles. The Balaban J connectivity index is 1.61. The number of benzene rings is 1. The predicted molar refractivity (Wildman–Crippen MR) is 80.2 cm³/mol. The lowest BCUT2D eigenvalue weighted by Crippen LogP contribution is -2.29. The number of hydrogen-bond donors (Lipinski definition) is 1. The summed E-state index contributed by atoms with van der Waals surface area (Å²) >= 11 is 0. The number of fused-ring (bicyclic) bond motifs is 1. The average molecular weight is 275 g/mol. The molecule has 3 nitrogen and oxygen atoms in total. The van der Waals surface area contributed by atoms with Crippen LogP contribution in [0.1, 0.15) is 42.9 Å². The van der Waals surface area contributed by atoms with Crippen LogP contribution >= 0.6 is 0 Å². The molecule has 3 heteroatoms. The SMILES string of the molecule is CNC1c2cc(OC)ccc2CC1OCCC1CCC1. The first-order chi connectivity index (χ1) is 9.81. The van der Waals surface area contributed by atoms with Gasteiger partial charge in [0.1, 0.15) is 5.75 Å². The third-order valence-electron chi connectivity index (χ3n) is 4.87. The fourth-order valence-electron chi connectivity index (χ4n) is 3.37. The molecule has 2 unspecified atom stereocenters. The van der Waals surface area contributed by atoms with Gasteiger partial charge in [0, 0.05) is 13.0 Å². The molecule has 0 saturated heterocycles. The lowest BCUT2D eigenvalue weighted by Gasteiger charge is -2.27. The molecule has 1 saturated carbocycles. The van der Waals surface area contributed by atoms with Crippen LogP contribution in [0.3, 0.4) is 0 Å². The van der Waals surface area contributed by atoms with E-state index in [0.717, 1.165) is 24.7 Å². The van der Waals surface area contributed by atoms with Gasteiger partial charge >= 0.3 is 0 Å². The zero-order valence-corrected chi connectivity index (χ0v) is 12.5. The minimum Gasteiger partial charge on any atom is -0.497 e. The highest BCUT2D eigenvalue weighted by atomic mass is 16.5. The number of likely N-dealkylation sites (N-methyl/N-ethyl adjacent to an activating group) is 1. The molecule has 0 amide bonds. The third-order valence-corrected chi connectivity index (χ3v) is 4.87. The van der Waals surface area contributed by atoms with Crippen LogP contribution in [0, 0.1) is 5.92 Å². The summed E-state index contributed by atoms with van der Waals surface area (Å²) in [5.74, 6) is 1.85. The summed E-state index contributed by atoms with van der Waals surface area (Å²) < 4.78 is 11.5. The molecule has 1 aromatic carbocycles. The van der Waals surface area contributed by atoms with E-state index in [0.29, 0.717) is 6.04 Å². The van der Waals surface area contributed by atoms with Crippen molar-refractivity contribution in [1.29, 1.82) is 0 Å². The van der Waals surface area contributed by atoms with Crippen molar-refractivity contribution in [3.63, 3.8) is 0 Å². The Morgan fingerprint density at radius 2 is 2.15 bits per heavy atom. The fourth-order valence-corrected chi connectivity index (χ4v) is 3.37. The summed E-state index contributed by atoms with van der Waals surface area (Å²) in [5, 5.41) is 3.41. The van der Waals surface area contributed by atoms with Gasteiger partial charge in [-0.1, -0.05) is 25.3 Å². The average Bonchev–Trinajstić information content (AvgIpc) is 2.77. The summed E-state index contributed by atoms with van der Waals surface area (Å²) in [4.78, 5) is 0. The molecule has 0 bridgehead atoms. The van der Waals surface area contributed by atoms with Crippen LogP contribution in [-0.4, -0.2) is 26.9 Å². The van der Waals surface area contributed by atoms with Gasteiger partial charge in [0.2, 0.25) is 0 Å². The Bertz CT molecular complexity index is 456. The Labute approximate surface area is 121 Å². The highest BCUT2D eigenvalue weighted by molar-refractivity contribution is 5.42. The van der Waals surface area contributed by atoms with E-state index in [1.807, 2.05) is 13.1 Å². The molecule has 0 aliphatic heterocycles. The zero-order chi connectivity index (χ0) is 13.9. The highest BCUT2D eigenvalue weighted by Gasteiger charge is 2.32. The predicted octanol–water partition coefficient (Wildman–Crippen LogP) is 3.09. The third kappa shape index (κ3) is 2.70. The zero-order valence-electron chi connectivity index (χ0n) is 12.5. The largest absolute Gasteiger partial charge is 0.497 e. The number of hydrogen-bond acceptors (Lipinski definition) is 3. The first-order valence-corrected chi connectivity index (χ1v) is 7.77. The normalized spacial score (nSPS) is 25.3. The van der Waals surface area contributed by atoms with Gasteiger partial charge in [-0.25, -0.2) is 0 Å². The molecule has 20 heavy (non-hydrogen) atoms. The monoisotopic (exact) mass is 275 g/mol. The summed E-state index contributed by atoms with van der Waals surface area (Å²) in [6.07, 6.45) is 6.73. The molecule has 3 rings (SSSR count). The Morgan fingerprint density at radius 1 is 1.30 bits per heavy atom. The molecular formula is C17H25NO2. The van der Waals surface area contributed by atoms with Crippen LogP contribution in [0.15, 0.2) is 18.2 Å². The van der Waals surface area contributed by atoms with Crippen molar-refractivity contribution in [2.75, 3.05) is 20.8 Å². The van der Waals surface area contributed by atoms with Crippen LogP contribution in [0.25, 0.3) is 0 Å². The molecule has 2 aliphatic rings. The van der Waals surface area contributed by atoms with E-state index in [1.54, 1.807) is 7.11 Å². The summed E-state index contributed by atoms with van der Waals surface area (Å²) in [7, 11) is 3.74. The molecule has 0 spiro atoms. The van der Waals surface area contributed by atoms with Crippen molar-refractivity contribution in [1.82, 2.24) is 5.32 Å². The summed E-state index contributed by atoms with van der Waals surface area (Å²) in [6, 6.07) is 6.66. The van der Waals surface area contributed by atoms with Crippen molar-refractivity contribution in [3.8, 4) is 5.75 Å². The van der Waals surface area contributed by atoms with Gasteiger partial charge in [-0.15, -0.1) is 0 Å². The molecular weight excluding hydrogens is 250 g/mol. The van der Waals surface area contributed by atoms with Gasteiger partial charge < -0.3 is 14.8 Å². The minimum absolute atomic E-state index is 0.266. The van der Waals surface area contributed by atoms with E-state index in [9.17, 15) is 0 Å². The second-order valence-electron chi connectivity index (χ2n) is 6.03. The molecule has 2 aliphatic carbocycles. The number of methoxy groups -OCH3 is 1. The van der Waals surface area contributed by atoms with Crippen LogP contribution in [0.2, 0.25) is 0 Å². The van der Waals surface area contributed by atoms with Crippen molar-refractivity contribution in [3.05, 3.63) is 29.3 Å². The highest BCUT2D eigenvalue weighted by Crippen LogP contribution is 2.36. The van der Waals surface area contributed by atoms with Crippen LogP contribution in [-0.2, 0) is 11.2 Å². The van der Waals surface area contributed by atoms with Crippen molar-refractivity contribution >= 4 is 0 Å². The van der Waals surface area contributed by atoms with E-state index in [2.05, 4.69) is 17.4 Å².